The number of rotatable bonds is 5. The minimum Gasteiger partial charge on any atom is -0.314 e. The topological polar surface area (TPSA) is 15.3 Å². The third-order valence-electron chi connectivity index (χ3n) is 4.10. The molecule has 1 aromatic carbocycles. The summed E-state index contributed by atoms with van der Waals surface area (Å²) in [5.74, 6) is -1.20. The zero-order valence-corrected chi connectivity index (χ0v) is 12.7. The number of halogens is 4. The van der Waals surface area contributed by atoms with Crippen LogP contribution in [0.4, 0.5) is 17.6 Å². The van der Waals surface area contributed by atoms with E-state index in [0.717, 1.165) is 57.6 Å². The second kappa shape index (κ2) is 7.42. The molecule has 1 aromatic rings. The van der Waals surface area contributed by atoms with Crippen molar-refractivity contribution < 1.29 is 17.6 Å². The van der Waals surface area contributed by atoms with Gasteiger partial charge in [0, 0.05) is 32.2 Å². The van der Waals surface area contributed by atoms with Crippen molar-refractivity contribution in [2.45, 2.75) is 38.4 Å². The molecular weight excluding hydrogens is 296 g/mol. The number of hydrogen-bond acceptors (Lipinski definition) is 2. The van der Waals surface area contributed by atoms with E-state index < -0.39 is 17.6 Å². The second-order valence-corrected chi connectivity index (χ2v) is 5.68. The average Bonchev–Trinajstić information content (AvgIpc) is 2.49. The first-order valence-corrected chi connectivity index (χ1v) is 7.75. The van der Waals surface area contributed by atoms with E-state index in [1.54, 1.807) is 0 Å². The Kier molecular flexibility index (Phi) is 5.81. The maximum absolute atomic E-state index is 13.5. The van der Waals surface area contributed by atoms with Gasteiger partial charge in [-0.1, -0.05) is 25.8 Å². The van der Waals surface area contributed by atoms with Gasteiger partial charge in [-0.05, 0) is 24.1 Å². The summed E-state index contributed by atoms with van der Waals surface area (Å²) in [5.41, 5.74) is -0.606. The lowest BCUT2D eigenvalue weighted by atomic mass is 9.96. The molecule has 0 saturated carbocycles. The molecule has 1 fully saturated rings. The molecule has 0 amide bonds. The summed E-state index contributed by atoms with van der Waals surface area (Å²) in [7, 11) is 0. The number of nitrogens with zero attached hydrogens (tertiary/aromatic N) is 1. The highest BCUT2D eigenvalue weighted by atomic mass is 19.4. The van der Waals surface area contributed by atoms with Crippen LogP contribution in [-0.2, 0) is 6.18 Å². The van der Waals surface area contributed by atoms with Gasteiger partial charge in [-0.25, -0.2) is 4.39 Å². The molecule has 0 bridgehead atoms. The van der Waals surface area contributed by atoms with Crippen LogP contribution in [0.2, 0.25) is 0 Å². The van der Waals surface area contributed by atoms with E-state index in [1.165, 1.54) is 6.07 Å². The van der Waals surface area contributed by atoms with Gasteiger partial charge >= 0.3 is 6.18 Å². The number of nitrogens with one attached hydrogen (secondary N) is 1. The monoisotopic (exact) mass is 318 g/mol. The maximum Gasteiger partial charge on any atom is 0.419 e. The first-order chi connectivity index (χ1) is 10.4. The van der Waals surface area contributed by atoms with Gasteiger partial charge < -0.3 is 5.32 Å². The molecule has 22 heavy (non-hydrogen) atoms. The van der Waals surface area contributed by atoms with Crippen molar-refractivity contribution in [2.75, 3.05) is 26.2 Å². The van der Waals surface area contributed by atoms with Crippen molar-refractivity contribution in [3.05, 3.63) is 35.1 Å². The van der Waals surface area contributed by atoms with Crippen molar-refractivity contribution in [3.8, 4) is 0 Å². The van der Waals surface area contributed by atoms with E-state index in [1.807, 2.05) is 0 Å². The molecule has 1 saturated heterocycles. The Morgan fingerprint density at radius 1 is 1.23 bits per heavy atom. The van der Waals surface area contributed by atoms with Gasteiger partial charge in [0.15, 0.2) is 0 Å². The van der Waals surface area contributed by atoms with Crippen LogP contribution >= 0.6 is 0 Å². The van der Waals surface area contributed by atoms with E-state index in [9.17, 15) is 17.6 Å². The van der Waals surface area contributed by atoms with E-state index >= 15 is 0 Å². The maximum atomic E-state index is 13.5. The fourth-order valence-corrected chi connectivity index (χ4v) is 2.92. The molecule has 0 aliphatic carbocycles. The highest BCUT2D eigenvalue weighted by Crippen LogP contribution is 2.35. The van der Waals surface area contributed by atoms with Crippen LogP contribution in [0, 0.1) is 5.82 Å². The van der Waals surface area contributed by atoms with E-state index in [4.69, 9.17) is 0 Å². The van der Waals surface area contributed by atoms with E-state index in [2.05, 4.69) is 17.1 Å². The van der Waals surface area contributed by atoms with Crippen LogP contribution in [0.5, 0.6) is 0 Å². The normalized spacial score (nSPS) is 18.4. The summed E-state index contributed by atoms with van der Waals surface area (Å²) in [6.07, 6.45) is -1.94. The first-order valence-electron chi connectivity index (χ1n) is 7.75. The van der Waals surface area contributed by atoms with E-state index in [-0.39, 0.29) is 6.04 Å². The van der Waals surface area contributed by atoms with Crippen LogP contribution in [0.1, 0.15) is 43.4 Å². The summed E-state index contributed by atoms with van der Waals surface area (Å²) in [6.45, 7) is 5.31. The highest BCUT2D eigenvalue weighted by Gasteiger charge is 2.35. The van der Waals surface area contributed by atoms with Gasteiger partial charge in [0.2, 0.25) is 0 Å². The SMILES string of the molecule is CCCC[C@H](c1ccc(F)c(C(F)(F)F)c1)N1CCNCC1. The Morgan fingerprint density at radius 3 is 2.50 bits per heavy atom. The van der Waals surface area contributed by atoms with Crippen LogP contribution in [0.15, 0.2) is 18.2 Å². The molecule has 1 atom stereocenters. The highest BCUT2D eigenvalue weighted by molar-refractivity contribution is 5.29. The van der Waals surface area contributed by atoms with Crippen LogP contribution < -0.4 is 5.32 Å². The summed E-state index contributed by atoms with van der Waals surface area (Å²) in [6, 6.07) is 3.34. The van der Waals surface area contributed by atoms with E-state index in [0.29, 0.717) is 5.56 Å². The third-order valence-corrected chi connectivity index (χ3v) is 4.10. The van der Waals surface area contributed by atoms with Gasteiger partial charge in [-0.15, -0.1) is 0 Å². The van der Waals surface area contributed by atoms with Crippen LogP contribution in [0.25, 0.3) is 0 Å². The minimum absolute atomic E-state index is 0.0799. The van der Waals surface area contributed by atoms with Crippen molar-refractivity contribution >= 4 is 0 Å². The first kappa shape index (κ1) is 17.2. The standard InChI is InChI=1S/C16H22F4N2/c1-2-3-4-15(22-9-7-21-8-10-22)12-5-6-14(17)13(11-12)16(18,19)20/h5-6,11,15,21H,2-4,7-10H2,1H3/t15-/m1/s1. The van der Waals surface area contributed by atoms with Gasteiger partial charge in [0.1, 0.15) is 5.82 Å². The summed E-state index contributed by atoms with van der Waals surface area (Å²) < 4.78 is 52.2. The lowest BCUT2D eigenvalue weighted by Gasteiger charge is -2.35. The Morgan fingerprint density at radius 2 is 1.91 bits per heavy atom. The molecule has 2 rings (SSSR count). The molecular formula is C16H22F4N2. The Hall–Kier alpha value is -1.14. The molecule has 0 aromatic heterocycles. The number of alkyl halides is 3. The molecule has 1 aliphatic rings. The lowest BCUT2D eigenvalue weighted by molar-refractivity contribution is -0.140. The van der Waals surface area contributed by atoms with Crippen molar-refractivity contribution in [1.82, 2.24) is 10.2 Å². The molecule has 6 heteroatoms. The van der Waals surface area contributed by atoms with Gasteiger partial charge in [-0.3, -0.25) is 4.90 Å². The van der Waals surface area contributed by atoms with Gasteiger partial charge in [-0.2, -0.15) is 13.2 Å². The fourth-order valence-electron chi connectivity index (χ4n) is 2.92. The number of piperazine rings is 1. The van der Waals surface area contributed by atoms with Crippen LogP contribution in [0.3, 0.4) is 0 Å². The fraction of sp³-hybridized carbons (Fsp3) is 0.625. The predicted molar refractivity (Wildman–Crippen MR) is 78.1 cm³/mol. The number of unbranched alkanes of at least 4 members (excludes halogenated alkanes) is 1. The quantitative estimate of drug-likeness (QED) is 0.826. The smallest absolute Gasteiger partial charge is 0.314 e. The summed E-state index contributed by atoms with van der Waals surface area (Å²) in [5, 5.41) is 3.24. The summed E-state index contributed by atoms with van der Waals surface area (Å²) in [4.78, 5) is 2.19. The zero-order chi connectivity index (χ0) is 16.2. The zero-order valence-electron chi connectivity index (χ0n) is 12.7. The predicted octanol–water partition coefficient (Wildman–Crippen LogP) is 3.98. The molecule has 0 radical (unpaired) electrons. The molecule has 0 unspecified atom stereocenters. The molecule has 2 nitrogen and oxygen atoms in total. The van der Waals surface area contributed by atoms with Crippen molar-refractivity contribution in [1.29, 1.82) is 0 Å². The number of hydrogen-bond donors (Lipinski definition) is 1. The largest absolute Gasteiger partial charge is 0.419 e. The Balaban J connectivity index is 2.30. The molecule has 0 spiro atoms. The number of benzene rings is 1. The summed E-state index contributed by atoms with van der Waals surface area (Å²) >= 11 is 0. The molecule has 1 aliphatic heterocycles. The Bertz CT molecular complexity index is 482. The average molecular weight is 318 g/mol. The molecule has 1 heterocycles. The minimum atomic E-state index is -4.65. The molecule has 1 N–H and O–H groups in total. The third kappa shape index (κ3) is 4.20. The molecule has 124 valence electrons. The second-order valence-electron chi connectivity index (χ2n) is 5.68. The van der Waals surface area contributed by atoms with Crippen LogP contribution in [-0.4, -0.2) is 31.1 Å². The Labute approximate surface area is 128 Å². The van der Waals surface area contributed by atoms with Gasteiger partial charge in [0.05, 0.1) is 5.56 Å². The van der Waals surface area contributed by atoms with Crippen molar-refractivity contribution in [2.24, 2.45) is 0 Å². The van der Waals surface area contributed by atoms with Gasteiger partial charge in [0.25, 0.3) is 0 Å². The lowest BCUT2D eigenvalue weighted by Crippen LogP contribution is -2.45. The van der Waals surface area contributed by atoms with Crippen molar-refractivity contribution in [3.63, 3.8) is 0 Å².